The van der Waals surface area contributed by atoms with Crippen LogP contribution < -0.4 is 5.32 Å². The van der Waals surface area contributed by atoms with E-state index in [0.29, 0.717) is 5.69 Å². The van der Waals surface area contributed by atoms with Crippen molar-refractivity contribution in [1.29, 1.82) is 0 Å². The Morgan fingerprint density at radius 1 is 1.38 bits per heavy atom. The second kappa shape index (κ2) is 7.73. The molecule has 7 nitrogen and oxygen atoms in total. The fourth-order valence-electron chi connectivity index (χ4n) is 2.28. The van der Waals surface area contributed by atoms with Gasteiger partial charge in [-0.2, -0.15) is 17.9 Å². The minimum Gasteiger partial charge on any atom is -0.358 e. The number of benzene rings is 1. The maximum Gasteiger partial charge on any atom is 0.418 e. The molecule has 11 heteroatoms. The van der Waals surface area contributed by atoms with Gasteiger partial charge in [0.1, 0.15) is 0 Å². The largest absolute Gasteiger partial charge is 0.418 e. The van der Waals surface area contributed by atoms with Crippen molar-refractivity contribution in [3.8, 4) is 0 Å². The molecule has 26 heavy (non-hydrogen) atoms. The number of para-hydroxylation sites is 1. The molecular weight excluding hydrogens is 377 g/mol. The van der Waals surface area contributed by atoms with E-state index in [4.69, 9.17) is 11.6 Å². The second-order valence-electron chi connectivity index (χ2n) is 5.40. The summed E-state index contributed by atoms with van der Waals surface area (Å²) in [5.41, 5.74) is -0.876. The van der Waals surface area contributed by atoms with Crippen molar-refractivity contribution in [3.63, 3.8) is 0 Å². The molecule has 0 saturated heterocycles. The van der Waals surface area contributed by atoms with Gasteiger partial charge in [0.2, 0.25) is 5.91 Å². The monoisotopic (exact) mass is 390 g/mol. The van der Waals surface area contributed by atoms with Gasteiger partial charge < -0.3 is 15.4 Å². The van der Waals surface area contributed by atoms with Crippen molar-refractivity contribution in [3.05, 3.63) is 50.7 Å². The number of halogens is 4. The number of nitrogens with one attached hydrogen (secondary N) is 1. The van der Waals surface area contributed by atoms with Crippen LogP contribution in [-0.4, -0.2) is 20.6 Å². The van der Waals surface area contributed by atoms with Gasteiger partial charge in [0.25, 0.3) is 0 Å². The number of aryl methyl sites for hydroxylation is 1. The van der Waals surface area contributed by atoms with Gasteiger partial charge in [0.15, 0.2) is 5.02 Å². The molecule has 0 aliphatic heterocycles. The van der Waals surface area contributed by atoms with E-state index < -0.39 is 28.4 Å². The third kappa shape index (κ3) is 4.51. The van der Waals surface area contributed by atoms with Gasteiger partial charge in [-0.1, -0.05) is 23.7 Å². The fraction of sp³-hybridized carbons (Fsp3) is 0.333. The summed E-state index contributed by atoms with van der Waals surface area (Å²) in [4.78, 5) is 22.0. The Kier molecular flexibility index (Phi) is 5.86. The number of nitrogens with zero attached hydrogens (tertiary/aromatic N) is 3. The van der Waals surface area contributed by atoms with Gasteiger partial charge in [-0.05, 0) is 30.4 Å². The summed E-state index contributed by atoms with van der Waals surface area (Å²) < 4.78 is 40.0. The van der Waals surface area contributed by atoms with E-state index >= 15 is 0 Å². The molecule has 2 aromatic rings. The second-order valence-corrected chi connectivity index (χ2v) is 5.78. The Balaban J connectivity index is 1.97. The van der Waals surface area contributed by atoms with Crippen LogP contribution in [0.3, 0.4) is 0 Å². The number of amides is 1. The third-order valence-corrected chi connectivity index (χ3v) is 4.01. The zero-order valence-electron chi connectivity index (χ0n) is 13.5. The van der Waals surface area contributed by atoms with E-state index in [-0.39, 0.29) is 30.1 Å². The van der Waals surface area contributed by atoms with E-state index in [1.807, 2.05) is 0 Å². The first-order chi connectivity index (χ1) is 12.1. The number of carbonyl (C=O) groups is 1. The Labute approximate surface area is 150 Å². The van der Waals surface area contributed by atoms with Gasteiger partial charge >= 0.3 is 12.0 Å². The van der Waals surface area contributed by atoms with Crippen LogP contribution in [0.2, 0.25) is 5.02 Å². The molecule has 0 aliphatic rings. The number of alkyl halides is 3. The zero-order valence-corrected chi connectivity index (χ0v) is 14.3. The Morgan fingerprint density at radius 2 is 2.04 bits per heavy atom. The van der Waals surface area contributed by atoms with Crippen LogP contribution in [0.25, 0.3) is 0 Å². The molecule has 0 radical (unpaired) electrons. The van der Waals surface area contributed by atoms with Crippen LogP contribution >= 0.6 is 11.6 Å². The highest BCUT2D eigenvalue weighted by molar-refractivity contribution is 6.33. The number of hydrogen-bond donors (Lipinski definition) is 1. The van der Waals surface area contributed by atoms with Crippen molar-refractivity contribution < 1.29 is 22.9 Å². The molecule has 140 valence electrons. The van der Waals surface area contributed by atoms with E-state index in [1.165, 1.54) is 22.9 Å². The molecule has 0 fully saturated rings. The van der Waals surface area contributed by atoms with Crippen molar-refractivity contribution in [1.82, 2.24) is 9.78 Å². The summed E-state index contributed by atoms with van der Waals surface area (Å²) >= 11 is 5.81. The first-order valence-corrected chi connectivity index (χ1v) is 7.82. The average molecular weight is 391 g/mol. The molecule has 1 amide bonds. The van der Waals surface area contributed by atoms with Gasteiger partial charge in [0.05, 0.1) is 28.6 Å². The standard InChI is InChI=1S/C15H14ClF3N4O3/c1-9-13(16)14(23(25)26)21-22(9)8-4-7-12(24)20-11-6-3-2-5-10(11)15(17,18)19/h2-3,5-6H,4,7-8H2,1H3,(H,20,24). The number of hydrogen-bond acceptors (Lipinski definition) is 4. The molecule has 1 N–H and O–H groups in total. The molecule has 0 unspecified atom stereocenters. The van der Waals surface area contributed by atoms with Gasteiger partial charge in [-0.15, -0.1) is 0 Å². The lowest BCUT2D eigenvalue weighted by Crippen LogP contribution is -2.17. The molecule has 1 aromatic heterocycles. The number of rotatable bonds is 6. The molecule has 0 bridgehead atoms. The molecule has 0 saturated carbocycles. The molecule has 0 atom stereocenters. The predicted molar refractivity (Wildman–Crippen MR) is 87.9 cm³/mol. The SMILES string of the molecule is Cc1c(Cl)c([N+](=O)[O-])nn1CCCC(=O)Nc1ccccc1C(F)(F)F. The predicted octanol–water partition coefficient (Wildman–Crippen LogP) is 4.19. The van der Waals surface area contributed by atoms with Crippen molar-refractivity contribution >= 4 is 29.0 Å². The molecule has 0 aliphatic carbocycles. The lowest BCUT2D eigenvalue weighted by Gasteiger charge is -2.13. The molecule has 2 rings (SSSR count). The zero-order chi connectivity index (χ0) is 19.5. The third-order valence-electron chi connectivity index (χ3n) is 3.57. The van der Waals surface area contributed by atoms with E-state index in [2.05, 4.69) is 10.4 Å². The van der Waals surface area contributed by atoms with Crippen LogP contribution in [0.1, 0.15) is 24.1 Å². The maximum absolute atomic E-state index is 12.9. The minimum atomic E-state index is -4.58. The normalized spacial score (nSPS) is 11.4. The maximum atomic E-state index is 12.9. The Morgan fingerprint density at radius 3 is 2.62 bits per heavy atom. The van der Waals surface area contributed by atoms with E-state index in [9.17, 15) is 28.1 Å². The number of aromatic nitrogens is 2. The molecule has 0 spiro atoms. The van der Waals surface area contributed by atoms with Crippen LogP contribution in [0, 0.1) is 17.0 Å². The highest BCUT2D eigenvalue weighted by Gasteiger charge is 2.33. The minimum absolute atomic E-state index is 0.0847. The summed E-state index contributed by atoms with van der Waals surface area (Å²) in [5.74, 6) is -1.08. The summed E-state index contributed by atoms with van der Waals surface area (Å²) in [7, 11) is 0. The molecular formula is C15H14ClF3N4O3. The van der Waals surface area contributed by atoms with E-state index in [1.54, 1.807) is 6.92 Å². The lowest BCUT2D eigenvalue weighted by molar-refractivity contribution is -0.389. The molecule has 1 aromatic carbocycles. The van der Waals surface area contributed by atoms with Crippen LogP contribution in [0.4, 0.5) is 24.7 Å². The average Bonchev–Trinajstić information content (AvgIpc) is 2.83. The topological polar surface area (TPSA) is 90.1 Å². The summed E-state index contributed by atoms with van der Waals surface area (Å²) in [5, 5.41) is 16.7. The number of carbonyl (C=O) groups excluding carboxylic acids is 1. The van der Waals surface area contributed by atoms with Gasteiger partial charge in [0, 0.05) is 6.42 Å². The Bertz CT molecular complexity index is 836. The van der Waals surface area contributed by atoms with Gasteiger partial charge in [-0.25, -0.2) is 0 Å². The van der Waals surface area contributed by atoms with Crippen molar-refractivity contribution in [2.45, 2.75) is 32.5 Å². The Hall–Kier alpha value is -2.62. The van der Waals surface area contributed by atoms with Gasteiger partial charge in [-0.3, -0.25) is 4.79 Å². The highest BCUT2D eigenvalue weighted by Crippen LogP contribution is 2.34. The summed E-state index contributed by atoms with van der Waals surface area (Å²) in [6.07, 6.45) is -4.45. The van der Waals surface area contributed by atoms with Crippen LogP contribution in [0.5, 0.6) is 0 Å². The number of nitro groups is 1. The summed E-state index contributed by atoms with van der Waals surface area (Å²) in [6, 6.07) is 4.67. The van der Waals surface area contributed by atoms with Crippen LogP contribution in [0.15, 0.2) is 24.3 Å². The fourth-order valence-corrected chi connectivity index (χ4v) is 2.49. The van der Waals surface area contributed by atoms with Crippen LogP contribution in [-0.2, 0) is 17.5 Å². The number of anilines is 1. The quantitative estimate of drug-likeness (QED) is 0.591. The lowest BCUT2D eigenvalue weighted by atomic mass is 10.1. The van der Waals surface area contributed by atoms with Crippen molar-refractivity contribution in [2.24, 2.45) is 0 Å². The smallest absolute Gasteiger partial charge is 0.358 e. The van der Waals surface area contributed by atoms with Crippen molar-refractivity contribution in [2.75, 3.05) is 5.32 Å². The van der Waals surface area contributed by atoms with E-state index in [0.717, 1.165) is 6.07 Å². The summed E-state index contributed by atoms with van der Waals surface area (Å²) in [6.45, 7) is 1.70. The molecule has 1 heterocycles. The highest BCUT2D eigenvalue weighted by atomic mass is 35.5. The first-order valence-electron chi connectivity index (χ1n) is 7.44. The first kappa shape index (κ1) is 19.7.